The molecule has 0 aromatic heterocycles. The number of nitrogens with one attached hydrogen (secondary N) is 2. The highest BCUT2D eigenvalue weighted by atomic mass is 19.4. The van der Waals surface area contributed by atoms with Gasteiger partial charge in [-0.3, -0.25) is 4.79 Å². The number of amides is 2. The van der Waals surface area contributed by atoms with Gasteiger partial charge in [0.2, 0.25) is 5.91 Å². The summed E-state index contributed by atoms with van der Waals surface area (Å²) in [6.07, 6.45) is -11.0. The van der Waals surface area contributed by atoms with Gasteiger partial charge in [0.05, 0.1) is 11.1 Å². The number of alkyl carbamates (subject to hydrolysis) is 1. The second kappa shape index (κ2) is 7.65. The quantitative estimate of drug-likeness (QED) is 0.730. The zero-order chi connectivity index (χ0) is 21.2. The fourth-order valence-corrected chi connectivity index (χ4v) is 1.83. The van der Waals surface area contributed by atoms with Crippen LogP contribution >= 0.6 is 0 Å². The highest BCUT2D eigenvalue weighted by molar-refractivity contribution is 5.96. The van der Waals surface area contributed by atoms with Gasteiger partial charge in [-0.15, -0.1) is 0 Å². The average molecular weight is 400 g/mol. The van der Waals surface area contributed by atoms with Crippen molar-refractivity contribution in [1.29, 1.82) is 0 Å². The summed E-state index contributed by atoms with van der Waals surface area (Å²) < 4.78 is 81.8. The standard InChI is InChI=1S/C16H18F6N2O3/c1-8(23-13(26)27-14(2,3)4)12(25)24-11-6-9(15(17,18)19)5-10(7-11)16(20,21)22/h5-8H,1-4H3,(H,23,26)(H,24,25). The second-order valence-corrected chi connectivity index (χ2v) is 6.65. The fourth-order valence-electron chi connectivity index (χ4n) is 1.83. The maximum absolute atomic E-state index is 12.8. The molecule has 1 atom stereocenters. The molecule has 0 aliphatic carbocycles. The van der Waals surface area contributed by atoms with E-state index in [2.05, 4.69) is 5.32 Å². The monoisotopic (exact) mass is 400 g/mol. The molecule has 0 spiro atoms. The van der Waals surface area contributed by atoms with E-state index in [0.29, 0.717) is 12.1 Å². The van der Waals surface area contributed by atoms with Crippen LogP contribution in [-0.4, -0.2) is 23.6 Å². The van der Waals surface area contributed by atoms with Crippen molar-refractivity contribution in [3.8, 4) is 0 Å². The third-order valence-corrected chi connectivity index (χ3v) is 2.98. The summed E-state index contributed by atoms with van der Waals surface area (Å²) in [5.74, 6) is -1.02. The zero-order valence-electron chi connectivity index (χ0n) is 14.8. The minimum atomic E-state index is -5.04. The number of carbonyl (C=O) groups is 2. The van der Waals surface area contributed by atoms with Crippen LogP contribution in [0.25, 0.3) is 0 Å². The number of ether oxygens (including phenoxy) is 1. The van der Waals surface area contributed by atoms with Crippen LogP contribution in [0.15, 0.2) is 18.2 Å². The molecule has 0 bridgehead atoms. The SMILES string of the molecule is CC(NC(=O)OC(C)(C)C)C(=O)Nc1cc(C(F)(F)F)cc(C(F)(F)F)c1. The maximum Gasteiger partial charge on any atom is 0.416 e. The third kappa shape index (κ3) is 7.35. The molecule has 0 fully saturated rings. The lowest BCUT2D eigenvalue weighted by atomic mass is 10.1. The van der Waals surface area contributed by atoms with Crippen LogP contribution in [0.1, 0.15) is 38.8 Å². The molecular weight excluding hydrogens is 382 g/mol. The van der Waals surface area contributed by atoms with E-state index in [-0.39, 0.29) is 6.07 Å². The van der Waals surface area contributed by atoms with Gasteiger partial charge in [-0.2, -0.15) is 26.3 Å². The first-order chi connectivity index (χ1) is 12.0. The second-order valence-electron chi connectivity index (χ2n) is 6.65. The van der Waals surface area contributed by atoms with Crippen molar-refractivity contribution in [1.82, 2.24) is 5.32 Å². The van der Waals surface area contributed by atoms with Gasteiger partial charge in [0.15, 0.2) is 0 Å². The van der Waals surface area contributed by atoms with Crippen LogP contribution in [0, 0.1) is 0 Å². The molecule has 2 N–H and O–H groups in total. The average Bonchev–Trinajstić information content (AvgIpc) is 2.42. The molecule has 0 heterocycles. The van der Waals surface area contributed by atoms with Crippen molar-refractivity contribution in [2.24, 2.45) is 0 Å². The summed E-state index contributed by atoms with van der Waals surface area (Å²) >= 11 is 0. The Bertz CT molecular complexity index is 675. The number of rotatable bonds is 3. The van der Waals surface area contributed by atoms with Crippen LogP contribution in [0.3, 0.4) is 0 Å². The molecule has 1 aromatic rings. The minimum absolute atomic E-state index is 0.0575. The van der Waals surface area contributed by atoms with E-state index in [0.717, 1.165) is 0 Å². The molecule has 1 rings (SSSR count). The number of hydrogen-bond acceptors (Lipinski definition) is 3. The van der Waals surface area contributed by atoms with Crippen molar-refractivity contribution in [3.63, 3.8) is 0 Å². The predicted octanol–water partition coefficient (Wildman–Crippen LogP) is 4.58. The normalized spacial score (nSPS) is 13.7. The van der Waals surface area contributed by atoms with Crippen molar-refractivity contribution < 1.29 is 40.7 Å². The van der Waals surface area contributed by atoms with Crippen LogP contribution in [0.2, 0.25) is 0 Å². The van der Waals surface area contributed by atoms with E-state index in [4.69, 9.17) is 4.74 Å². The molecule has 1 unspecified atom stereocenters. The Kier molecular flexibility index (Phi) is 6.40. The fraction of sp³-hybridized carbons (Fsp3) is 0.500. The summed E-state index contributed by atoms with van der Waals surface area (Å²) in [6, 6.07) is -0.595. The number of alkyl halides is 6. The van der Waals surface area contributed by atoms with E-state index in [1.54, 1.807) is 20.8 Å². The third-order valence-electron chi connectivity index (χ3n) is 2.98. The minimum Gasteiger partial charge on any atom is -0.444 e. The Hall–Kier alpha value is -2.46. The largest absolute Gasteiger partial charge is 0.444 e. The molecule has 0 radical (unpaired) electrons. The molecule has 11 heteroatoms. The summed E-state index contributed by atoms with van der Waals surface area (Å²) in [5, 5.41) is 4.05. The molecular formula is C16H18F6N2O3. The maximum atomic E-state index is 12.8. The van der Waals surface area contributed by atoms with Crippen LogP contribution < -0.4 is 10.6 Å². The molecule has 1 aromatic carbocycles. The van der Waals surface area contributed by atoms with Crippen molar-refractivity contribution in [2.45, 2.75) is 51.7 Å². The number of halogens is 6. The van der Waals surface area contributed by atoms with Crippen molar-refractivity contribution in [3.05, 3.63) is 29.3 Å². The van der Waals surface area contributed by atoms with Crippen LogP contribution in [0.4, 0.5) is 36.8 Å². The molecule has 152 valence electrons. The van der Waals surface area contributed by atoms with Gasteiger partial charge in [0, 0.05) is 5.69 Å². The molecule has 0 saturated heterocycles. The Morgan fingerprint density at radius 2 is 1.37 bits per heavy atom. The van der Waals surface area contributed by atoms with Crippen molar-refractivity contribution in [2.75, 3.05) is 5.32 Å². The Balaban J connectivity index is 3.00. The molecule has 5 nitrogen and oxygen atoms in total. The zero-order valence-corrected chi connectivity index (χ0v) is 14.8. The van der Waals surface area contributed by atoms with Gasteiger partial charge in [0.1, 0.15) is 11.6 Å². The van der Waals surface area contributed by atoms with E-state index < -0.39 is 52.8 Å². The number of benzene rings is 1. The molecule has 2 amide bonds. The van der Waals surface area contributed by atoms with Gasteiger partial charge in [-0.1, -0.05) is 0 Å². The highest BCUT2D eigenvalue weighted by Crippen LogP contribution is 2.37. The van der Waals surface area contributed by atoms with Gasteiger partial charge >= 0.3 is 18.4 Å². The molecule has 0 saturated carbocycles. The number of anilines is 1. The first-order valence-corrected chi connectivity index (χ1v) is 7.59. The summed E-state index contributed by atoms with van der Waals surface area (Å²) in [5.41, 5.74) is -4.70. The van der Waals surface area contributed by atoms with Crippen LogP contribution in [-0.2, 0) is 21.9 Å². The van der Waals surface area contributed by atoms with Gasteiger partial charge in [-0.25, -0.2) is 4.79 Å². The number of hydrogen-bond donors (Lipinski definition) is 2. The first kappa shape index (κ1) is 22.6. The molecule has 0 aliphatic rings. The van der Waals surface area contributed by atoms with E-state index in [1.165, 1.54) is 6.92 Å². The highest BCUT2D eigenvalue weighted by Gasteiger charge is 2.37. The first-order valence-electron chi connectivity index (χ1n) is 7.59. The molecule has 0 aliphatic heterocycles. The van der Waals surface area contributed by atoms with Gasteiger partial charge < -0.3 is 15.4 Å². The topological polar surface area (TPSA) is 67.4 Å². The number of carbonyl (C=O) groups excluding carboxylic acids is 2. The predicted molar refractivity (Wildman–Crippen MR) is 83.9 cm³/mol. The lowest BCUT2D eigenvalue weighted by Crippen LogP contribution is -2.44. The van der Waals surface area contributed by atoms with Crippen molar-refractivity contribution >= 4 is 17.7 Å². The lowest BCUT2D eigenvalue weighted by Gasteiger charge is -2.22. The Labute approximate surface area is 151 Å². The Morgan fingerprint density at radius 1 is 0.926 bits per heavy atom. The van der Waals surface area contributed by atoms with Gasteiger partial charge in [-0.05, 0) is 45.9 Å². The summed E-state index contributed by atoms with van der Waals surface area (Å²) in [7, 11) is 0. The van der Waals surface area contributed by atoms with Gasteiger partial charge in [0.25, 0.3) is 0 Å². The van der Waals surface area contributed by atoms with E-state index in [9.17, 15) is 35.9 Å². The lowest BCUT2D eigenvalue weighted by molar-refractivity contribution is -0.143. The summed E-state index contributed by atoms with van der Waals surface area (Å²) in [4.78, 5) is 23.6. The molecule has 27 heavy (non-hydrogen) atoms. The smallest absolute Gasteiger partial charge is 0.416 e. The van der Waals surface area contributed by atoms with Crippen LogP contribution in [0.5, 0.6) is 0 Å². The Morgan fingerprint density at radius 3 is 1.74 bits per heavy atom. The van der Waals surface area contributed by atoms with E-state index >= 15 is 0 Å². The van der Waals surface area contributed by atoms with E-state index in [1.807, 2.05) is 5.32 Å². The summed E-state index contributed by atoms with van der Waals surface area (Å²) in [6.45, 7) is 5.90.